The van der Waals surface area contributed by atoms with E-state index in [1.54, 1.807) is 25.1 Å². The lowest BCUT2D eigenvalue weighted by Gasteiger charge is -2.15. The fourth-order valence-corrected chi connectivity index (χ4v) is 2.16. The van der Waals surface area contributed by atoms with Gasteiger partial charge in [-0.25, -0.2) is 9.18 Å². The maximum absolute atomic E-state index is 13.5. The molecule has 0 radical (unpaired) electrons. The highest BCUT2D eigenvalue weighted by Gasteiger charge is 2.20. The van der Waals surface area contributed by atoms with Crippen molar-refractivity contribution in [1.82, 2.24) is 0 Å². The van der Waals surface area contributed by atoms with Gasteiger partial charge in [0.05, 0.1) is 19.8 Å². The first-order chi connectivity index (χ1) is 12.3. The predicted octanol–water partition coefficient (Wildman–Crippen LogP) is 3.34. The van der Waals surface area contributed by atoms with E-state index in [2.05, 4.69) is 5.32 Å². The number of halogens is 1. The number of amides is 1. The molecule has 2 rings (SSSR count). The van der Waals surface area contributed by atoms with Crippen LogP contribution in [0.15, 0.2) is 36.4 Å². The average molecular weight is 361 g/mol. The predicted molar refractivity (Wildman–Crippen MR) is 94.2 cm³/mol. The summed E-state index contributed by atoms with van der Waals surface area (Å²) in [5, 5.41) is 2.62. The maximum atomic E-state index is 13.5. The molecule has 0 aliphatic heterocycles. The summed E-state index contributed by atoms with van der Waals surface area (Å²) in [5.74, 6) is -0.852. The van der Waals surface area contributed by atoms with E-state index in [9.17, 15) is 14.0 Å². The lowest BCUT2D eigenvalue weighted by atomic mass is 10.1. The molecule has 26 heavy (non-hydrogen) atoms. The van der Waals surface area contributed by atoms with E-state index in [1.807, 2.05) is 0 Å². The molecule has 0 fully saturated rings. The van der Waals surface area contributed by atoms with Gasteiger partial charge in [-0.1, -0.05) is 6.07 Å². The smallest absolute Gasteiger partial charge is 0.339 e. The van der Waals surface area contributed by atoms with E-state index < -0.39 is 23.8 Å². The van der Waals surface area contributed by atoms with E-state index in [0.29, 0.717) is 22.7 Å². The first-order valence-electron chi connectivity index (χ1n) is 7.85. The molecule has 0 unspecified atom stereocenters. The van der Waals surface area contributed by atoms with Crippen LogP contribution in [-0.2, 0) is 9.53 Å². The minimum Gasteiger partial charge on any atom is -0.493 e. The first kappa shape index (κ1) is 19.2. The average Bonchev–Trinajstić information content (AvgIpc) is 2.63. The molecule has 7 heteroatoms. The fourth-order valence-electron chi connectivity index (χ4n) is 2.16. The fraction of sp³-hybridized carbons (Fsp3) is 0.263. The number of anilines is 1. The number of methoxy groups -OCH3 is 2. The van der Waals surface area contributed by atoms with Gasteiger partial charge in [-0.3, -0.25) is 4.79 Å². The highest BCUT2D eigenvalue weighted by atomic mass is 19.1. The van der Waals surface area contributed by atoms with Gasteiger partial charge in [0.15, 0.2) is 17.6 Å². The van der Waals surface area contributed by atoms with Crippen LogP contribution in [0.25, 0.3) is 0 Å². The molecular weight excluding hydrogens is 341 g/mol. The Labute approximate surface area is 150 Å². The van der Waals surface area contributed by atoms with Crippen LogP contribution in [0.1, 0.15) is 22.8 Å². The molecule has 0 heterocycles. The molecule has 2 aromatic carbocycles. The topological polar surface area (TPSA) is 73.9 Å². The number of aryl methyl sites for hydroxylation is 1. The molecule has 0 aliphatic rings. The number of benzene rings is 2. The largest absolute Gasteiger partial charge is 0.493 e. The Bertz CT molecular complexity index is 822. The van der Waals surface area contributed by atoms with E-state index >= 15 is 0 Å². The lowest BCUT2D eigenvalue weighted by molar-refractivity contribution is -0.123. The molecule has 0 bridgehead atoms. The van der Waals surface area contributed by atoms with Gasteiger partial charge in [0.2, 0.25) is 0 Å². The van der Waals surface area contributed by atoms with Gasteiger partial charge in [0, 0.05) is 11.8 Å². The van der Waals surface area contributed by atoms with Crippen LogP contribution in [0.3, 0.4) is 0 Å². The number of carbonyl (C=O) groups excluding carboxylic acids is 2. The minimum absolute atomic E-state index is 0.0406. The van der Waals surface area contributed by atoms with Crippen molar-refractivity contribution in [2.24, 2.45) is 0 Å². The van der Waals surface area contributed by atoms with Gasteiger partial charge in [0.25, 0.3) is 5.91 Å². The van der Waals surface area contributed by atoms with Crippen LogP contribution in [0.4, 0.5) is 10.1 Å². The number of ether oxygens (including phenoxy) is 3. The van der Waals surface area contributed by atoms with Gasteiger partial charge in [0.1, 0.15) is 5.82 Å². The molecule has 0 saturated carbocycles. The Morgan fingerprint density at radius 2 is 1.73 bits per heavy atom. The molecule has 1 atom stereocenters. The molecule has 138 valence electrons. The summed E-state index contributed by atoms with van der Waals surface area (Å²) in [6, 6.07) is 8.85. The van der Waals surface area contributed by atoms with E-state index in [1.165, 1.54) is 33.3 Å². The Balaban J connectivity index is 2.03. The summed E-state index contributed by atoms with van der Waals surface area (Å²) in [7, 11) is 2.99. The minimum atomic E-state index is -1.07. The summed E-state index contributed by atoms with van der Waals surface area (Å²) in [6.45, 7) is 3.02. The zero-order valence-electron chi connectivity index (χ0n) is 15.0. The molecule has 0 saturated heterocycles. The second-order valence-corrected chi connectivity index (χ2v) is 5.57. The van der Waals surface area contributed by atoms with Crippen molar-refractivity contribution in [3.05, 3.63) is 53.3 Å². The zero-order chi connectivity index (χ0) is 19.3. The third kappa shape index (κ3) is 4.50. The Hall–Kier alpha value is -3.09. The molecule has 2 aromatic rings. The number of hydrogen-bond acceptors (Lipinski definition) is 5. The Morgan fingerprint density at radius 1 is 1.04 bits per heavy atom. The number of rotatable bonds is 6. The van der Waals surface area contributed by atoms with Crippen molar-refractivity contribution in [2.75, 3.05) is 19.5 Å². The Morgan fingerprint density at radius 3 is 2.35 bits per heavy atom. The highest BCUT2D eigenvalue weighted by molar-refractivity contribution is 5.97. The third-order valence-electron chi connectivity index (χ3n) is 3.71. The zero-order valence-corrected chi connectivity index (χ0v) is 15.0. The summed E-state index contributed by atoms with van der Waals surface area (Å²) >= 11 is 0. The number of carbonyl (C=O) groups is 2. The third-order valence-corrected chi connectivity index (χ3v) is 3.71. The van der Waals surface area contributed by atoms with Crippen molar-refractivity contribution < 1.29 is 28.2 Å². The molecule has 0 spiro atoms. The second-order valence-electron chi connectivity index (χ2n) is 5.57. The van der Waals surface area contributed by atoms with Crippen molar-refractivity contribution >= 4 is 17.6 Å². The molecule has 1 N–H and O–H groups in total. The van der Waals surface area contributed by atoms with Gasteiger partial charge in [-0.2, -0.15) is 0 Å². The van der Waals surface area contributed by atoms with Crippen molar-refractivity contribution in [1.29, 1.82) is 0 Å². The van der Waals surface area contributed by atoms with Crippen LogP contribution in [0, 0.1) is 12.7 Å². The molecule has 6 nitrogen and oxygen atoms in total. The standard InChI is InChI=1S/C19H20FNO5/c1-11-5-6-13(9-15(11)20)19(23)26-12(2)18(22)21-14-7-8-16(24-3)17(10-14)25-4/h5-10,12H,1-4H3,(H,21,22)/t12-/m1/s1. The van der Waals surface area contributed by atoms with Crippen molar-refractivity contribution in [2.45, 2.75) is 20.0 Å². The first-order valence-corrected chi connectivity index (χ1v) is 7.85. The second kappa shape index (κ2) is 8.33. The van der Waals surface area contributed by atoms with E-state index in [-0.39, 0.29) is 5.56 Å². The van der Waals surface area contributed by atoms with Crippen LogP contribution in [0.5, 0.6) is 11.5 Å². The Kier molecular flexibility index (Phi) is 6.16. The monoisotopic (exact) mass is 361 g/mol. The van der Waals surface area contributed by atoms with Crippen LogP contribution in [0.2, 0.25) is 0 Å². The summed E-state index contributed by atoms with van der Waals surface area (Å²) in [4.78, 5) is 24.3. The lowest BCUT2D eigenvalue weighted by Crippen LogP contribution is -2.30. The van der Waals surface area contributed by atoms with Crippen molar-refractivity contribution in [3.63, 3.8) is 0 Å². The summed E-state index contributed by atoms with van der Waals surface area (Å²) < 4.78 is 28.9. The summed E-state index contributed by atoms with van der Waals surface area (Å²) in [5.41, 5.74) is 0.914. The molecule has 1 amide bonds. The van der Waals surface area contributed by atoms with Crippen molar-refractivity contribution in [3.8, 4) is 11.5 Å². The van der Waals surface area contributed by atoms with Gasteiger partial charge < -0.3 is 19.5 Å². The van der Waals surface area contributed by atoms with E-state index in [4.69, 9.17) is 14.2 Å². The SMILES string of the molecule is COc1ccc(NC(=O)[C@@H](C)OC(=O)c2ccc(C)c(F)c2)cc1OC. The molecule has 0 aliphatic carbocycles. The molecular formula is C19H20FNO5. The number of nitrogens with one attached hydrogen (secondary N) is 1. The van der Waals surface area contributed by atoms with Gasteiger partial charge in [-0.05, 0) is 43.7 Å². The van der Waals surface area contributed by atoms with Crippen LogP contribution >= 0.6 is 0 Å². The molecule has 0 aromatic heterocycles. The number of hydrogen-bond donors (Lipinski definition) is 1. The highest BCUT2D eigenvalue weighted by Crippen LogP contribution is 2.29. The maximum Gasteiger partial charge on any atom is 0.339 e. The normalized spacial score (nSPS) is 11.4. The van der Waals surface area contributed by atoms with Crippen LogP contribution in [-0.4, -0.2) is 32.2 Å². The van der Waals surface area contributed by atoms with E-state index in [0.717, 1.165) is 6.07 Å². The number of esters is 1. The van der Waals surface area contributed by atoms with Gasteiger partial charge >= 0.3 is 5.97 Å². The van der Waals surface area contributed by atoms with Crippen LogP contribution < -0.4 is 14.8 Å². The van der Waals surface area contributed by atoms with Gasteiger partial charge in [-0.15, -0.1) is 0 Å². The summed E-state index contributed by atoms with van der Waals surface area (Å²) in [6.07, 6.45) is -1.07. The quantitative estimate of drug-likeness (QED) is 0.799.